The summed E-state index contributed by atoms with van der Waals surface area (Å²) < 4.78 is 0. The molecule has 20 heavy (non-hydrogen) atoms. The van der Waals surface area contributed by atoms with Crippen LogP contribution in [0.5, 0.6) is 0 Å². The minimum absolute atomic E-state index is 0.509. The van der Waals surface area contributed by atoms with Crippen LogP contribution in [0.15, 0.2) is 68.7 Å². The highest BCUT2D eigenvalue weighted by atomic mass is 16.1. The van der Waals surface area contributed by atoms with E-state index in [9.17, 15) is 9.59 Å². The summed E-state index contributed by atoms with van der Waals surface area (Å²) in [5.74, 6) is 0. The number of carbonyl (C=O) groups excluding carboxylic acids is 2. The third-order valence-electron chi connectivity index (χ3n) is 2.33. The highest BCUT2D eigenvalue weighted by Gasteiger charge is 1.93. The van der Waals surface area contributed by atoms with Crippen molar-refractivity contribution in [2.45, 2.75) is 0 Å². The number of nitrogens with zero attached hydrogens (tertiary/aromatic N) is 4. The van der Waals surface area contributed by atoms with Crippen LogP contribution < -0.4 is 0 Å². The fourth-order valence-electron chi connectivity index (χ4n) is 1.41. The smallest absolute Gasteiger partial charge is 0.211 e. The van der Waals surface area contributed by atoms with Gasteiger partial charge in [-0.15, -0.1) is 0 Å². The molecule has 2 rings (SSSR count). The van der Waals surface area contributed by atoms with E-state index in [0.717, 1.165) is 0 Å². The second kappa shape index (κ2) is 6.66. The molecule has 0 amide bonds. The number of rotatable bonds is 4. The van der Waals surface area contributed by atoms with Crippen LogP contribution in [0.4, 0.5) is 22.7 Å². The van der Waals surface area contributed by atoms with E-state index >= 15 is 0 Å². The quantitative estimate of drug-likeness (QED) is 0.474. The molecule has 0 spiro atoms. The summed E-state index contributed by atoms with van der Waals surface area (Å²) in [6.07, 6.45) is 2.92. The molecule has 0 heterocycles. The molecule has 2 aromatic carbocycles. The van der Waals surface area contributed by atoms with Crippen molar-refractivity contribution in [1.29, 1.82) is 0 Å². The fraction of sp³-hybridized carbons (Fsp3) is 0. The van der Waals surface area contributed by atoms with Gasteiger partial charge in [-0.2, -0.15) is 20.2 Å². The predicted molar refractivity (Wildman–Crippen MR) is 72.6 cm³/mol. The number of benzene rings is 2. The lowest BCUT2D eigenvalue weighted by molar-refractivity contribution is 0.564. The molecule has 0 fully saturated rings. The topological polar surface area (TPSA) is 83.6 Å². The second-order valence-corrected chi connectivity index (χ2v) is 3.64. The molecule has 0 saturated heterocycles. The van der Waals surface area contributed by atoms with Gasteiger partial charge in [-0.3, -0.25) is 0 Å². The zero-order valence-electron chi connectivity index (χ0n) is 10.2. The van der Waals surface area contributed by atoms with Crippen molar-refractivity contribution in [1.82, 2.24) is 0 Å². The van der Waals surface area contributed by atoms with Gasteiger partial charge in [0, 0.05) is 0 Å². The number of hydrogen-bond acceptors (Lipinski definition) is 6. The Kier molecular flexibility index (Phi) is 4.41. The predicted octanol–water partition coefficient (Wildman–Crippen LogP) is 4.04. The fourth-order valence-corrected chi connectivity index (χ4v) is 1.41. The Balaban J connectivity index is 2.12. The minimum Gasteiger partial charge on any atom is -0.211 e. The first-order valence-electron chi connectivity index (χ1n) is 5.59. The number of hydrogen-bond donors (Lipinski definition) is 0. The van der Waals surface area contributed by atoms with Crippen LogP contribution in [-0.4, -0.2) is 12.2 Å². The van der Waals surface area contributed by atoms with Crippen molar-refractivity contribution in [3.8, 4) is 0 Å². The Hall–Kier alpha value is -3.20. The highest BCUT2D eigenvalue weighted by molar-refractivity contribution is 5.54. The lowest BCUT2D eigenvalue weighted by atomic mass is 10.3. The zero-order chi connectivity index (χ0) is 14.2. The van der Waals surface area contributed by atoms with Crippen molar-refractivity contribution in [3.63, 3.8) is 0 Å². The lowest BCUT2D eigenvalue weighted by Gasteiger charge is -1.94. The average Bonchev–Trinajstić information content (AvgIpc) is 2.49. The van der Waals surface area contributed by atoms with Gasteiger partial charge in [-0.05, 0) is 48.5 Å². The van der Waals surface area contributed by atoms with Gasteiger partial charge in [0.2, 0.25) is 12.2 Å². The SMILES string of the molecule is O=C=Nc1ccc(/N=N/c2ccc(N=C=O)cc2)cc1. The van der Waals surface area contributed by atoms with Gasteiger partial charge in [0.25, 0.3) is 0 Å². The summed E-state index contributed by atoms with van der Waals surface area (Å²) in [6.45, 7) is 0. The van der Waals surface area contributed by atoms with Crippen molar-refractivity contribution in [2.75, 3.05) is 0 Å². The van der Waals surface area contributed by atoms with Crippen LogP contribution in [0.3, 0.4) is 0 Å². The summed E-state index contributed by atoms with van der Waals surface area (Å²) in [6, 6.07) is 13.3. The van der Waals surface area contributed by atoms with Crippen molar-refractivity contribution < 1.29 is 9.59 Å². The van der Waals surface area contributed by atoms with E-state index in [2.05, 4.69) is 20.2 Å². The van der Waals surface area contributed by atoms with Crippen molar-refractivity contribution in [3.05, 3.63) is 48.5 Å². The molecule has 96 valence electrons. The van der Waals surface area contributed by atoms with Crippen molar-refractivity contribution in [2.24, 2.45) is 20.2 Å². The van der Waals surface area contributed by atoms with Crippen molar-refractivity contribution >= 4 is 34.9 Å². The van der Waals surface area contributed by atoms with E-state index in [-0.39, 0.29) is 0 Å². The minimum atomic E-state index is 0.509. The zero-order valence-corrected chi connectivity index (χ0v) is 10.2. The third-order valence-corrected chi connectivity index (χ3v) is 2.33. The van der Waals surface area contributed by atoms with Gasteiger partial charge >= 0.3 is 0 Å². The standard InChI is InChI=1S/C14H8N4O2/c19-9-15-11-1-5-13(6-2-11)17-18-14-7-3-12(4-8-14)16-10-20/h1-8H/b18-17+. The number of aliphatic imine (C=N–C) groups is 2. The molecule has 0 saturated carbocycles. The van der Waals surface area contributed by atoms with Gasteiger partial charge in [0.05, 0.1) is 22.7 Å². The van der Waals surface area contributed by atoms with Gasteiger partial charge in [0.15, 0.2) is 0 Å². The third kappa shape index (κ3) is 3.65. The van der Waals surface area contributed by atoms with E-state index in [1.54, 1.807) is 48.5 Å². The maximum absolute atomic E-state index is 10.1. The molecule has 6 heteroatoms. The van der Waals surface area contributed by atoms with Crippen LogP contribution in [0.1, 0.15) is 0 Å². The van der Waals surface area contributed by atoms with Crippen LogP contribution in [0.2, 0.25) is 0 Å². The van der Waals surface area contributed by atoms with E-state index in [1.165, 1.54) is 12.2 Å². The molecular weight excluding hydrogens is 256 g/mol. The first-order valence-corrected chi connectivity index (χ1v) is 5.59. The first kappa shape index (κ1) is 13.2. The normalized spacial score (nSPS) is 9.80. The van der Waals surface area contributed by atoms with E-state index in [4.69, 9.17) is 0 Å². The molecule has 0 aliphatic carbocycles. The van der Waals surface area contributed by atoms with Gasteiger partial charge < -0.3 is 0 Å². The second-order valence-electron chi connectivity index (χ2n) is 3.64. The molecule has 0 aliphatic heterocycles. The van der Waals surface area contributed by atoms with Gasteiger partial charge in [-0.25, -0.2) is 9.59 Å². The number of isocyanates is 2. The Labute approximate surface area is 114 Å². The maximum atomic E-state index is 10.1. The van der Waals surface area contributed by atoms with E-state index < -0.39 is 0 Å². The summed E-state index contributed by atoms with van der Waals surface area (Å²) in [5.41, 5.74) is 2.28. The summed E-state index contributed by atoms with van der Waals surface area (Å²) in [7, 11) is 0. The van der Waals surface area contributed by atoms with Crippen LogP contribution in [0.25, 0.3) is 0 Å². The summed E-state index contributed by atoms with van der Waals surface area (Å²) in [4.78, 5) is 27.1. The molecule has 0 aliphatic rings. The number of azo groups is 1. The molecule has 0 bridgehead atoms. The first-order chi connectivity index (χ1) is 9.81. The van der Waals surface area contributed by atoms with E-state index in [1.807, 2.05) is 0 Å². The molecule has 0 unspecified atom stereocenters. The Morgan fingerprint density at radius 1 is 0.550 bits per heavy atom. The van der Waals surface area contributed by atoms with Crippen LogP contribution in [0, 0.1) is 0 Å². The van der Waals surface area contributed by atoms with Crippen LogP contribution >= 0.6 is 0 Å². The molecule has 0 aromatic heterocycles. The van der Waals surface area contributed by atoms with Gasteiger partial charge in [-0.1, -0.05) is 0 Å². The Bertz CT molecular complexity index is 644. The Morgan fingerprint density at radius 3 is 1.15 bits per heavy atom. The average molecular weight is 264 g/mol. The molecule has 0 radical (unpaired) electrons. The van der Waals surface area contributed by atoms with E-state index in [0.29, 0.717) is 22.7 Å². The lowest BCUT2D eigenvalue weighted by Crippen LogP contribution is -1.67. The van der Waals surface area contributed by atoms with Gasteiger partial charge in [0.1, 0.15) is 0 Å². The molecule has 0 atom stereocenters. The highest BCUT2D eigenvalue weighted by Crippen LogP contribution is 2.22. The largest absolute Gasteiger partial charge is 0.240 e. The van der Waals surface area contributed by atoms with Crippen LogP contribution in [-0.2, 0) is 9.59 Å². The monoisotopic (exact) mass is 264 g/mol. The summed E-state index contributed by atoms with van der Waals surface area (Å²) in [5, 5.41) is 8.06. The molecule has 6 nitrogen and oxygen atoms in total. The molecular formula is C14H8N4O2. The summed E-state index contributed by atoms with van der Waals surface area (Å²) >= 11 is 0. The Morgan fingerprint density at radius 2 is 0.850 bits per heavy atom. The molecule has 2 aromatic rings. The maximum Gasteiger partial charge on any atom is 0.240 e. The molecule has 0 N–H and O–H groups in total.